The third-order valence-corrected chi connectivity index (χ3v) is 6.01. The summed E-state index contributed by atoms with van der Waals surface area (Å²) in [6.45, 7) is 0. The van der Waals surface area contributed by atoms with E-state index in [-0.39, 0.29) is 0 Å². The molecule has 8 aromatic rings. The van der Waals surface area contributed by atoms with Gasteiger partial charge in [-0.15, -0.1) is 0 Å². The Morgan fingerprint density at radius 3 is 0.745 bits per heavy atom. The number of hydrogen-bond donors (Lipinski definition) is 1. The van der Waals surface area contributed by atoms with Crippen LogP contribution in [0.4, 0.5) is 0 Å². The summed E-state index contributed by atoms with van der Waals surface area (Å²) >= 11 is 0. The van der Waals surface area contributed by atoms with E-state index in [1.54, 1.807) is 61.4 Å². The monoisotopic (exact) mass is 613 g/mol. The van der Waals surface area contributed by atoms with Crippen molar-refractivity contribution in [2.45, 2.75) is 0 Å². The number of phenols is 1. The molecule has 47 heavy (non-hydrogen) atoms. The van der Waals surface area contributed by atoms with Crippen LogP contribution in [0, 0.1) is 0 Å². The predicted molar refractivity (Wildman–Crippen MR) is 197 cm³/mol. The van der Waals surface area contributed by atoms with Crippen LogP contribution in [0.1, 0.15) is 0 Å². The van der Waals surface area contributed by atoms with Crippen LogP contribution in [0.3, 0.4) is 0 Å². The number of para-hydroxylation sites is 1. The molecule has 2 aromatic heterocycles. The van der Waals surface area contributed by atoms with Crippen molar-refractivity contribution in [1.82, 2.24) is 15.0 Å². The number of aromatic hydroxyl groups is 1. The van der Waals surface area contributed by atoms with Gasteiger partial charge in [-0.25, -0.2) is 0 Å². The molecule has 0 aliphatic rings. The molecule has 4 nitrogen and oxygen atoms in total. The molecule has 2 heterocycles. The van der Waals surface area contributed by atoms with Gasteiger partial charge in [0.05, 0.1) is 0 Å². The second-order valence-electron chi connectivity index (χ2n) is 9.49. The van der Waals surface area contributed by atoms with Crippen molar-refractivity contribution in [2.75, 3.05) is 0 Å². The van der Waals surface area contributed by atoms with E-state index in [4.69, 9.17) is 5.11 Å². The van der Waals surface area contributed by atoms with E-state index in [2.05, 4.69) is 112 Å². The highest BCUT2D eigenvalue weighted by molar-refractivity contribution is 5.82. The van der Waals surface area contributed by atoms with Crippen LogP contribution in [0.25, 0.3) is 21.9 Å². The zero-order valence-corrected chi connectivity index (χ0v) is 26.2. The Kier molecular flexibility index (Phi) is 17.9. The fraction of sp³-hybridized carbons (Fsp3) is 0. The number of aromatic nitrogens is 3. The fourth-order valence-electron chi connectivity index (χ4n) is 3.77. The first kappa shape index (κ1) is 35.1. The lowest BCUT2D eigenvalue weighted by molar-refractivity contribution is 0.475. The Morgan fingerprint density at radius 2 is 0.511 bits per heavy atom. The van der Waals surface area contributed by atoms with Gasteiger partial charge in [0, 0.05) is 37.2 Å². The van der Waals surface area contributed by atoms with Crippen LogP contribution in [0.2, 0.25) is 0 Å². The van der Waals surface area contributed by atoms with Gasteiger partial charge < -0.3 is 5.11 Å². The van der Waals surface area contributed by atoms with Gasteiger partial charge in [-0.05, 0) is 46.2 Å². The molecular formula is C43H39N3O. The molecule has 0 saturated carbocycles. The number of benzene rings is 6. The molecule has 0 aliphatic heterocycles. The van der Waals surface area contributed by atoms with Crippen LogP contribution in [0.5, 0.6) is 5.75 Å². The van der Waals surface area contributed by atoms with Gasteiger partial charge in [-0.3, -0.25) is 15.0 Å². The van der Waals surface area contributed by atoms with E-state index in [1.165, 1.54) is 21.9 Å². The summed E-state index contributed by atoms with van der Waals surface area (Å²) in [5, 5.41) is 11.3. The average molecular weight is 614 g/mol. The first-order valence-corrected chi connectivity index (χ1v) is 15.2. The molecule has 4 heteroatoms. The van der Waals surface area contributed by atoms with E-state index in [0.29, 0.717) is 5.75 Å². The summed E-state index contributed by atoms with van der Waals surface area (Å²) in [4.78, 5) is 11.2. The summed E-state index contributed by atoms with van der Waals surface area (Å²) in [7, 11) is 0. The van der Waals surface area contributed by atoms with Gasteiger partial charge in [0.25, 0.3) is 0 Å². The van der Waals surface area contributed by atoms with E-state index in [1.807, 2.05) is 72.8 Å². The predicted octanol–water partition coefficient (Wildman–Crippen LogP) is 10.8. The summed E-state index contributed by atoms with van der Waals surface area (Å²) in [6.07, 6.45) is 10.1. The number of rotatable bonds is 1. The molecule has 6 aromatic carbocycles. The van der Waals surface area contributed by atoms with Crippen molar-refractivity contribution in [2.24, 2.45) is 0 Å². The van der Waals surface area contributed by atoms with Crippen LogP contribution in [-0.2, 0) is 0 Å². The third-order valence-electron chi connectivity index (χ3n) is 6.01. The van der Waals surface area contributed by atoms with Gasteiger partial charge >= 0.3 is 0 Å². The van der Waals surface area contributed by atoms with Crippen molar-refractivity contribution in [3.8, 4) is 16.9 Å². The van der Waals surface area contributed by atoms with E-state index in [0.717, 1.165) is 0 Å². The van der Waals surface area contributed by atoms with Crippen LogP contribution >= 0.6 is 0 Å². The number of phenolic OH excluding ortho intramolecular Hbond substituents is 1. The molecule has 232 valence electrons. The van der Waals surface area contributed by atoms with Crippen LogP contribution < -0.4 is 0 Å². The van der Waals surface area contributed by atoms with Crippen molar-refractivity contribution < 1.29 is 5.11 Å². The number of hydrogen-bond acceptors (Lipinski definition) is 4. The molecule has 0 radical (unpaired) electrons. The van der Waals surface area contributed by atoms with Crippen molar-refractivity contribution >= 4 is 10.8 Å². The zero-order chi connectivity index (χ0) is 32.9. The molecule has 0 spiro atoms. The molecular weight excluding hydrogens is 574 g/mol. The van der Waals surface area contributed by atoms with Crippen LogP contribution in [-0.4, -0.2) is 20.1 Å². The molecule has 8 rings (SSSR count). The first-order chi connectivity index (χ1) is 23.3. The van der Waals surface area contributed by atoms with Crippen LogP contribution in [0.15, 0.2) is 231 Å². The highest BCUT2D eigenvalue weighted by atomic mass is 16.3. The minimum atomic E-state index is 0.322. The normalized spacial score (nSPS) is 8.94. The lowest BCUT2D eigenvalue weighted by Gasteiger charge is -1.98. The highest BCUT2D eigenvalue weighted by Gasteiger charge is 1.91. The van der Waals surface area contributed by atoms with Gasteiger partial charge in [0.2, 0.25) is 0 Å². The standard InChI is InChI=1S/C12H10.C10H8.C6H6O.C6H6.C5H5N.C4H4N2/c1-3-7-11(8-4-1)12-9-5-2-6-10-12;1-2-6-10-8-4-3-7-9(10)5-1;7-6-4-2-1-3-5-6;2*1-2-4-6-5-3-1;1-2-6-4-3-5-1/h1-10H;1-8H;1-5,7H;1-6H;1-5H;1-4H. The zero-order valence-electron chi connectivity index (χ0n) is 26.2. The minimum Gasteiger partial charge on any atom is -0.508 e. The topological polar surface area (TPSA) is 58.9 Å². The Balaban J connectivity index is 0.000000157. The number of fused-ring (bicyclic) bond motifs is 1. The Labute approximate surface area is 278 Å². The molecule has 0 atom stereocenters. The summed E-state index contributed by atoms with van der Waals surface area (Å²) in [5.41, 5.74) is 2.55. The van der Waals surface area contributed by atoms with E-state index >= 15 is 0 Å². The minimum absolute atomic E-state index is 0.322. The van der Waals surface area contributed by atoms with Gasteiger partial charge in [-0.2, -0.15) is 0 Å². The molecule has 1 N–H and O–H groups in total. The smallest absolute Gasteiger partial charge is 0.115 e. The Hall–Kier alpha value is -6.39. The van der Waals surface area contributed by atoms with Crippen molar-refractivity contribution in [3.63, 3.8) is 0 Å². The maximum Gasteiger partial charge on any atom is 0.115 e. The largest absolute Gasteiger partial charge is 0.508 e. The molecule has 0 unspecified atom stereocenters. The Morgan fingerprint density at radius 1 is 0.255 bits per heavy atom. The second kappa shape index (κ2) is 24.0. The summed E-state index contributed by atoms with van der Waals surface area (Å²) in [5.74, 6) is 0.322. The Bertz CT molecular complexity index is 1550. The SMILES string of the molecule is Oc1ccccc1.c1ccc(-c2ccccc2)cc1.c1ccc2ccccc2c1.c1ccccc1.c1ccncc1.c1cnccn1. The average Bonchev–Trinajstić information content (AvgIpc) is 3.19. The van der Waals surface area contributed by atoms with Crippen molar-refractivity contribution in [1.29, 1.82) is 0 Å². The molecule has 0 aliphatic carbocycles. The maximum absolute atomic E-state index is 8.63. The lowest BCUT2D eigenvalue weighted by atomic mass is 10.1. The first-order valence-electron chi connectivity index (χ1n) is 15.2. The maximum atomic E-state index is 8.63. The van der Waals surface area contributed by atoms with E-state index < -0.39 is 0 Å². The summed E-state index contributed by atoms with van der Waals surface area (Å²) in [6, 6.07) is 63.9. The van der Waals surface area contributed by atoms with Gasteiger partial charge in [0.1, 0.15) is 5.75 Å². The fourth-order valence-corrected chi connectivity index (χ4v) is 3.77. The quantitative estimate of drug-likeness (QED) is 0.200. The van der Waals surface area contributed by atoms with Gasteiger partial charge in [0.15, 0.2) is 0 Å². The number of pyridine rings is 1. The van der Waals surface area contributed by atoms with Crippen molar-refractivity contribution in [3.05, 3.63) is 231 Å². The second-order valence-corrected chi connectivity index (χ2v) is 9.49. The third kappa shape index (κ3) is 16.9. The number of nitrogens with zero attached hydrogens (tertiary/aromatic N) is 3. The van der Waals surface area contributed by atoms with Gasteiger partial charge in [-0.1, -0.05) is 170 Å². The summed E-state index contributed by atoms with van der Waals surface area (Å²) < 4.78 is 0. The molecule has 0 amide bonds. The molecule has 0 bridgehead atoms. The lowest BCUT2D eigenvalue weighted by Crippen LogP contribution is -1.73. The molecule has 0 fully saturated rings. The highest BCUT2D eigenvalue weighted by Crippen LogP contribution is 2.17. The van der Waals surface area contributed by atoms with E-state index in [9.17, 15) is 0 Å². The molecule has 0 saturated heterocycles.